The second-order valence-electron chi connectivity index (χ2n) is 7.85. The lowest BCUT2D eigenvalue weighted by molar-refractivity contribution is 0.00578. The minimum atomic E-state index is -3.68. The summed E-state index contributed by atoms with van der Waals surface area (Å²) in [4.78, 5) is 0.0651. The van der Waals surface area contributed by atoms with Crippen LogP contribution < -0.4 is 5.46 Å². The molecule has 7 heteroatoms. The van der Waals surface area contributed by atoms with Crippen molar-refractivity contribution in [3.63, 3.8) is 0 Å². The van der Waals surface area contributed by atoms with Crippen molar-refractivity contribution >= 4 is 22.4 Å². The quantitative estimate of drug-likeness (QED) is 0.738. The first kappa shape index (κ1) is 16.9. The van der Waals surface area contributed by atoms with Crippen LogP contribution in [0.3, 0.4) is 0 Å². The van der Waals surface area contributed by atoms with Gasteiger partial charge in [0.2, 0.25) is 0 Å². The topological polar surface area (TPSA) is 52.6 Å². The summed E-state index contributed by atoms with van der Waals surface area (Å²) in [5, 5.41) is 0. The number of hydrogen-bond donors (Lipinski definition) is 0. The summed E-state index contributed by atoms with van der Waals surface area (Å²) in [6.07, 6.45) is -1.56. The molecule has 2 aliphatic heterocycles. The molecule has 0 bridgehead atoms. The van der Waals surface area contributed by atoms with Crippen molar-refractivity contribution in [1.29, 1.82) is 0 Å². The van der Waals surface area contributed by atoms with Crippen LogP contribution in [0.25, 0.3) is 0 Å². The lowest BCUT2D eigenvalue weighted by Gasteiger charge is -2.32. The minimum absolute atomic E-state index is 0.0651. The van der Waals surface area contributed by atoms with E-state index >= 15 is 0 Å². The molecule has 0 spiro atoms. The standard InChI is InChI=1S/C16H22BFO4S/c1-14(2)13(18)11-9-10(7-8-12(11)23(14,19)20)17-21-15(3,4)16(5,6)22-17/h7-9,13H,1-6H3. The summed E-state index contributed by atoms with van der Waals surface area (Å²) in [7, 11) is -4.31. The molecule has 1 aromatic rings. The van der Waals surface area contributed by atoms with Gasteiger partial charge in [0, 0.05) is 5.56 Å². The van der Waals surface area contributed by atoms with Gasteiger partial charge in [-0.05, 0) is 53.1 Å². The first-order valence-corrected chi connectivity index (χ1v) is 9.18. The molecule has 0 aliphatic carbocycles. The molecule has 0 radical (unpaired) electrons. The highest BCUT2D eigenvalue weighted by Gasteiger charge is 2.55. The fourth-order valence-electron chi connectivity index (χ4n) is 2.93. The van der Waals surface area contributed by atoms with Crippen LogP contribution in [0.2, 0.25) is 0 Å². The largest absolute Gasteiger partial charge is 0.494 e. The van der Waals surface area contributed by atoms with Crippen LogP contribution in [0.5, 0.6) is 0 Å². The van der Waals surface area contributed by atoms with Crippen LogP contribution in [0.15, 0.2) is 23.1 Å². The molecule has 0 saturated carbocycles. The Morgan fingerprint density at radius 2 is 1.57 bits per heavy atom. The average molecular weight is 340 g/mol. The van der Waals surface area contributed by atoms with E-state index in [1.165, 1.54) is 19.9 Å². The van der Waals surface area contributed by atoms with Crippen molar-refractivity contribution in [3.8, 4) is 0 Å². The summed E-state index contributed by atoms with van der Waals surface area (Å²) in [5.41, 5.74) is -0.172. The Labute approximate surface area is 137 Å². The Morgan fingerprint density at radius 1 is 1.04 bits per heavy atom. The third kappa shape index (κ3) is 2.13. The van der Waals surface area contributed by atoms with Crippen LogP contribution in [0, 0.1) is 0 Å². The Hall–Kier alpha value is -0.915. The molecule has 1 fully saturated rings. The van der Waals surface area contributed by atoms with Crippen molar-refractivity contribution in [1.82, 2.24) is 0 Å². The molecule has 4 nitrogen and oxygen atoms in total. The molecule has 1 aromatic carbocycles. The van der Waals surface area contributed by atoms with Gasteiger partial charge in [-0.2, -0.15) is 0 Å². The maximum Gasteiger partial charge on any atom is 0.494 e. The second kappa shape index (κ2) is 4.58. The molecule has 1 saturated heterocycles. The Morgan fingerprint density at radius 3 is 2.09 bits per heavy atom. The normalized spacial score (nSPS) is 29.5. The Balaban J connectivity index is 2.04. The van der Waals surface area contributed by atoms with E-state index in [1.807, 2.05) is 27.7 Å². The van der Waals surface area contributed by atoms with Crippen LogP contribution in [0.4, 0.5) is 4.39 Å². The van der Waals surface area contributed by atoms with Gasteiger partial charge in [-0.1, -0.05) is 12.1 Å². The number of benzene rings is 1. The number of halogens is 1. The summed E-state index contributed by atoms with van der Waals surface area (Å²) in [5.74, 6) is 0. The van der Waals surface area contributed by atoms with E-state index < -0.39 is 39.1 Å². The number of fused-ring (bicyclic) bond motifs is 1. The van der Waals surface area contributed by atoms with E-state index in [0.717, 1.165) is 0 Å². The molecule has 2 heterocycles. The van der Waals surface area contributed by atoms with Crippen molar-refractivity contribution < 1.29 is 22.1 Å². The zero-order valence-electron chi connectivity index (χ0n) is 14.3. The van der Waals surface area contributed by atoms with E-state index in [9.17, 15) is 12.8 Å². The van der Waals surface area contributed by atoms with Gasteiger partial charge in [0.25, 0.3) is 0 Å². The zero-order valence-corrected chi connectivity index (χ0v) is 15.1. The average Bonchev–Trinajstić information content (AvgIpc) is 2.72. The van der Waals surface area contributed by atoms with E-state index in [0.29, 0.717) is 5.46 Å². The van der Waals surface area contributed by atoms with Gasteiger partial charge in [0.15, 0.2) is 9.84 Å². The van der Waals surface area contributed by atoms with E-state index in [1.54, 1.807) is 12.1 Å². The summed E-state index contributed by atoms with van der Waals surface area (Å²) < 4.78 is 50.1. The van der Waals surface area contributed by atoms with Gasteiger partial charge >= 0.3 is 7.12 Å². The first-order valence-electron chi connectivity index (χ1n) is 7.69. The molecule has 126 valence electrons. The molecule has 0 amide bonds. The van der Waals surface area contributed by atoms with Crippen LogP contribution >= 0.6 is 0 Å². The van der Waals surface area contributed by atoms with Gasteiger partial charge in [0.1, 0.15) is 10.9 Å². The Kier molecular flexibility index (Phi) is 3.37. The fourth-order valence-corrected chi connectivity index (χ4v) is 4.62. The Bertz CT molecular complexity index is 754. The number of rotatable bonds is 1. The van der Waals surface area contributed by atoms with Crippen LogP contribution in [-0.4, -0.2) is 31.5 Å². The molecule has 0 aromatic heterocycles. The number of hydrogen-bond acceptors (Lipinski definition) is 4. The van der Waals surface area contributed by atoms with Crippen LogP contribution in [-0.2, 0) is 19.1 Å². The predicted molar refractivity (Wildman–Crippen MR) is 87.3 cm³/mol. The first-order chi connectivity index (χ1) is 10.3. The molecular weight excluding hydrogens is 318 g/mol. The maximum absolute atomic E-state index is 14.7. The SMILES string of the molecule is CC1(C)OB(c2ccc3c(c2)C(F)C(C)(C)S3(=O)=O)OC1(C)C. The smallest absolute Gasteiger partial charge is 0.399 e. The van der Waals surface area contributed by atoms with Crippen molar-refractivity contribution in [2.45, 2.75) is 68.6 Å². The van der Waals surface area contributed by atoms with E-state index in [2.05, 4.69) is 0 Å². The van der Waals surface area contributed by atoms with Crippen molar-refractivity contribution in [2.24, 2.45) is 0 Å². The third-order valence-corrected chi connectivity index (χ3v) is 7.97. The highest BCUT2D eigenvalue weighted by molar-refractivity contribution is 7.93. The summed E-state index contributed by atoms with van der Waals surface area (Å²) in [6.45, 7) is 10.6. The zero-order chi connectivity index (χ0) is 17.4. The third-order valence-electron chi connectivity index (χ3n) is 5.42. The molecule has 2 aliphatic rings. The summed E-state index contributed by atoms with van der Waals surface area (Å²) >= 11 is 0. The second-order valence-corrected chi connectivity index (χ2v) is 10.4. The van der Waals surface area contributed by atoms with Crippen molar-refractivity contribution in [2.75, 3.05) is 0 Å². The lowest BCUT2D eigenvalue weighted by Crippen LogP contribution is -2.41. The molecule has 3 rings (SSSR count). The van der Waals surface area contributed by atoms with Gasteiger partial charge in [-0.15, -0.1) is 0 Å². The van der Waals surface area contributed by atoms with E-state index in [-0.39, 0.29) is 10.5 Å². The van der Waals surface area contributed by atoms with E-state index in [4.69, 9.17) is 9.31 Å². The highest BCUT2D eigenvalue weighted by Crippen LogP contribution is 2.48. The van der Waals surface area contributed by atoms with Gasteiger partial charge in [-0.3, -0.25) is 0 Å². The molecule has 1 atom stereocenters. The van der Waals surface area contributed by atoms with Gasteiger partial charge in [-0.25, -0.2) is 12.8 Å². The molecule has 0 N–H and O–H groups in total. The van der Waals surface area contributed by atoms with Gasteiger partial charge in [0.05, 0.1) is 16.1 Å². The van der Waals surface area contributed by atoms with Crippen LogP contribution in [0.1, 0.15) is 53.3 Å². The fraction of sp³-hybridized carbons (Fsp3) is 0.625. The minimum Gasteiger partial charge on any atom is -0.399 e. The highest BCUT2D eigenvalue weighted by atomic mass is 32.2. The van der Waals surface area contributed by atoms with Gasteiger partial charge < -0.3 is 9.31 Å². The summed E-state index contributed by atoms with van der Waals surface area (Å²) in [6, 6.07) is 4.67. The maximum atomic E-state index is 14.7. The predicted octanol–water partition coefficient (Wildman–Crippen LogP) is 2.56. The van der Waals surface area contributed by atoms with Crippen molar-refractivity contribution in [3.05, 3.63) is 23.8 Å². The number of sulfone groups is 1. The lowest BCUT2D eigenvalue weighted by atomic mass is 9.78. The molecular formula is C16H22BFO4S. The number of alkyl halides is 1. The molecule has 23 heavy (non-hydrogen) atoms. The molecule has 1 unspecified atom stereocenters. The monoisotopic (exact) mass is 340 g/mol.